The van der Waals surface area contributed by atoms with Crippen LogP contribution >= 0.6 is 23.2 Å². The molecule has 0 aliphatic carbocycles. The van der Waals surface area contributed by atoms with Crippen LogP contribution in [0.2, 0.25) is 10.0 Å². The summed E-state index contributed by atoms with van der Waals surface area (Å²) in [5.41, 5.74) is 1.62. The Kier molecular flexibility index (Phi) is 5.22. The molecule has 0 aliphatic heterocycles. The summed E-state index contributed by atoms with van der Waals surface area (Å²) >= 11 is 12.0. The summed E-state index contributed by atoms with van der Waals surface area (Å²) in [5.74, 6) is -0.304. The smallest absolute Gasteiger partial charge is 0.258 e. The monoisotopic (exact) mass is 393 g/mol. The third kappa shape index (κ3) is 4.10. The van der Waals surface area contributed by atoms with Crippen LogP contribution in [0.25, 0.3) is 5.69 Å². The molecule has 0 aliphatic rings. The van der Waals surface area contributed by atoms with E-state index in [4.69, 9.17) is 23.2 Å². The molecule has 2 aromatic carbocycles. The molecule has 25 heavy (non-hydrogen) atoms. The van der Waals surface area contributed by atoms with E-state index >= 15 is 0 Å². The Morgan fingerprint density at radius 2 is 1.88 bits per heavy atom. The highest BCUT2D eigenvalue weighted by molar-refractivity contribution is 7.84. The zero-order valence-electron chi connectivity index (χ0n) is 13.1. The molecule has 1 aromatic heterocycles. The van der Waals surface area contributed by atoms with Crippen LogP contribution in [0.15, 0.2) is 59.8 Å². The third-order valence-electron chi connectivity index (χ3n) is 3.45. The highest BCUT2D eigenvalue weighted by atomic mass is 35.5. The van der Waals surface area contributed by atoms with Crippen LogP contribution in [0.1, 0.15) is 10.4 Å². The molecule has 0 spiro atoms. The minimum absolute atomic E-state index is 0.304. The summed E-state index contributed by atoms with van der Waals surface area (Å²) in [4.78, 5) is 13.0. The minimum Gasteiger partial charge on any atom is -0.322 e. The van der Waals surface area contributed by atoms with Crippen molar-refractivity contribution in [3.8, 4) is 5.69 Å². The van der Waals surface area contributed by atoms with Gasteiger partial charge in [-0.2, -0.15) is 5.10 Å². The summed E-state index contributed by atoms with van der Waals surface area (Å²) in [6.07, 6.45) is 4.64. The molecule has 5 nitrogen and oxygen atoms in total. The second kappa shape index (κ2) is 7.39. The van der Waals surface area contributed by atoms with Gasteiger partial charge in [0.2, 0.25) is 0 Å². The van der Waals surface area contributed by atoms with Gasteiger partial charge in [-0.1, -0.05) is 23.2 Å². The first-order valence-electron chi connectivity index (χ1n) is 7.19. The zero-order valence-corrected chi connectivity index (χ0v) is 15.4. The first kappa shape index (κ1) is 17.7. The molecule has 128 valence electrons. The standard InChI is InChI=1S/C17H13Cl2N3O2S/c1-25(24)14-5-3-13(4-6-14)21-17(23)11-9-20-22(10-11)16-7-2-12(18)8-15(16)19/h2-10H,1H3,(H,21,23). The van der Waals surface area contributed by atoms with Gasteiger partial charge in [0.05, 0.1) is 22.5 Å². The van der Waals surface area contributed by atoms with Crippen LogP contribution in [-0.4, -0.2) is 26.2 Å². The Bertz CT molecular complexity index is 955. The lowest BCUT2D eigenvalue weighted by Crippen LogP contribution is -2.11. The molecule has 0 saturated heterocycles. The molecular weight excluding hydrogens is 381 g/mol. The number of nitrogens with one attached hydrogen (secondary N) is 1. The predicted octanol–water partition coefficient (Wildman–Crippen LogP) is 4.17. The van der Waals surface area contributed by atoms with Gasteiger partial charge in [0, 0.05) is 38.9 Å². The average molecular weight is 394 g/mol. The van der Waals surface area contributed by atoms with Gasteiger partial charge in [0.25, 0.3) is 5.91 Å². The second-order valence-electron chi connectivity index (χ2n) is 5.20. The maximum atomic E-state index is 12.3. The van der Waals surface area contributed by atoms with Crippen molar-refractivity contribution < 1.29 is 9.00 Å². The van der Waals surface area contributed by atoms with E-state index in [1.165, 1.54) is 10.9 Å². The Morgan fingerprint density at radius 3 is 2.52 bits per heavy atom. The fourth-order valence-corrected chi connectivity index (χ4v) is 3.19. The molecule has 1 N–H and O–H groups in total. The van der Waals surface area contributed by atoms with Gasteiger partial charge >= 0.3 is 0 Å². The quantitative estimate of drug-likeness (QED) is 0.723. The molecule has 3 aromatic rings. The van der Waals surface area contributed by atoms with Gasteiger partial charge in [0.15, 0.2) is 0 Å². The Morgan fingerprint density at radius 1 is 1.16 bits per heavy atom. The Labute approximate surface area is 157 Å². The number of anilines is 1. The summed E-state index contributed by atoms with van der Waals surface area (Å²) in [5, 5.41) is 7.89. The van der Waals surface area contributed by atoms with Crippen molar-refractivity contribution in [2.24, 2.45) is 0 Å². The highest BCUT2D eigenvalue weighted by Gasteiger charge is 2.12. The van der Waals surface area contributed by atoms with Crippen molar-refractivity contribution in [2.75, 3.05) is 11.6 Å². The number of amides is 1. The van der Waals surface area contributed by atoms with E-state index < -0.39 is 10.8 Å². The van der Waals surface area contributed by atoms with Crippen molar-refractivity contribution in [2.45, 2.75) is 4.90 Å². The summed E-state index contributed by atoms with van der Waals surface area (Å²) in [7, 11) is -1.06. The molecule has 1 atom stereocenters. The van der Waals surface area contributed by atoms with E-state index in [0.29, 0.717) is 31.9 Å². The second-order valence-corrected chi connectivity index (χ2v) is 7.43. The summed E-state index contributed by atoms with van der Waals surface area (Å²) < 4.78 is 12.9. The van der Waals surface area contributed by atoms with Gasteiger partial charge in [0.1, 0.15) is 0 Å². The molecule has 1 heterocycles. The fraction of sp³-hybridized carbons (Fsp3) is 0.0588. The van der Waals surface area contributed by atoms with E-state index in [-0.39, 0.29) is 5.91 Å². The van der Waals surface area contributed by atoms with Gasteiger partial charge in [-0.25, -0.2) is 4.68 Å². The minimum atomic E-state index is -1.06. The molecule has 1 amide bonds. The molecule has 3 rings (SSSR count). The Hall–Kier alpha value is -2.15. The van der Waals surface area contributed by atoms with Crippen LogP contribution < -0.4 is 5.32 Å². The Balaban J connectivity index is 1.77. The van der Waals surface area contributed by atoms with Gasteiger partial charge in [-0.3, -0.25) is 9.00 Å². The predicted molar refractivity (Wildman–Crippen MR) is 100 cm³/mol. The molecule has 0 fully saturated rings. The van der Waals surface area contributed by atoms with Gasteiger partial charge in [-0.05, 0) is 42.5 Å². The van der Waals surface area contributed by atoms with Gasteiger partial charge in [-0.15, -0.1) is 0 Å². The number of hydrogen-bond acceptors (Lipinski definition) is 3. The van der Waals surface area contributed by atoms with E-state index in [1.807, 2.05) is 0 Å². The van der Waals surface area contributed by atoms with Crippen LogP contribution in [0.5, 0.6) is 0 Å². The topological polar surface area (TPSA) is 64.0 Å². The van der Waals surface area contributed by atoms with E-state index in [9.17, 15) is 9.00 Å². The lowest BCUT2D eigenvalue weighted by molar-refractivity contribution is 0.102. The number of aromatic nitrogens is 2. The molecule has 1 unspecified atom stereocenters. The molecule has 8 heteroatoms. The van der Waals surface area contributed by atoms with Crippen LogP contribution in [0.3, 0.4) is 0 Å². The largest absolute Gasteiger partial charge is 0.322 e. The number of halogens is 2. The van der Waals surface area contributed by atoms with E-state index in [1.54, 1.807) is 54.9 Å². The zero-order chi connectivity index (χ0) is 18.0. The maximum Gasteiger partial charge on any atom is 0.258 e. The lowest BCUT2D eigenvalue weighted by Gasteiger charge is -2.05. The summed E-state index contributed by atoms with van der Waals surface area (Å²) in [6.45, 7) is 0. The van der Waals surface area contributed by atoms with E-state index in [2.05, 4.69) is 10.4 Å². The molecule has 0 saturated carbocycles. The van der Waals surface area contributed by atoms with Gasteiger partial charge < -0.3 is 5.32 Å². The van der Waals surface area contributed by atoms with Crippen molar-refractivity contribution >= 4 is 45.6 Å². The fourth-order valence-electron chi connectivity index (χ4n) is 2.17. The summed E-state index contributed by atoms with van der Waals surface area (Å²) in [6, 6.07) is 11.9. The van der Waals surface area contributed by atoms with Crippen LogP contribution in [-0.2, 0) is 10.8 Å². The average Bonchev–Trinajstić information content (AvgIpc) is 3.05. The number of nitrogens with zero attached hydrogens (tertiary/aromatic N) is 2. The first-order valence-corrected chi connectivity index (χ1v) is 9.50. The lowest BCUT2D eigenvalue weighted by atomic mass is 10.3. The normalized spacial score (nSPS) is 12.0. The number of hydrogen-bond donors (Lipinski definition) is 1. The third-order valence-corrected chi connectivity index (χ3v) is 4.92. The van der Waals surface area contributed by atoms with Crippen LogP contribution in [0.4, 0.5) is 5.69 Å². The first-order chi connectivity index (χ1) is 11.9. The van der Waals surface area contributed by atoms with Crippen molar-refractivity contribution in [1.82, 2.24) is 9.78 Å². The van der Waals surface area contributed by atoms with Crippen molar-refractivity contribution in [3.05, 3.63) is 70.5 Å². The molecule has 0 bridgehead atoms. The van der Waals surface area contributed by atoms with E-state index in [0.717, 1.165) is 0 Å². The SMILES string of the molecule is CS(=O)c1ccc(NC(=O)c2cnn(-c3ccc(Cl)cc3Cl)c2)cc1. The van der Waals surface area contributed by atoms with Crippen LogP contribution in [0, 0.1) is 0 Å². The number of carbonyl (C=O) groups excluding carboxylic acids is 1. The maximum absolute atomic E-state index is 12.3. The molecule has 0 radical (unpaired) electrons. The highest BCUT2D eigenvalue weighted by Crippen LogP contribution is 2.24. The molecular formula is C17H13Cl2N3O2S. The number of carbonyl (C=O) groups is 1. The van der Waals surface area contributed by atoms with Crippen molar-refractivity contribution in [3.63, 3.8) is 0 Å². The number of rotatable bonds is 4. The number of benzene rings is 2. The van der Waals surface area contributed by atoms with Crippen molar-refractivity contribution in [1.29, 1.82) is 0 Å².